The van der Waals surface area contributed by atoms with Gasteiger partial charge in [-0.2, -0.15) is 5.10 Å². The van der Waals surface area contributed by atoms with Gasteiger partial charge in [0.15, 0.2) is 0 Å². The number of nitrogens with zero attached hydrogens (tertiary/aromatic N) is 3. The maximum atomic E-state index is 12.2. The van der Waals surface area contributed by atoms with Crippen LogP contribution in [0.1, 0.15) is 18.0 Å². The van der Waals surface area contributed by atoms with Crippen LogP contribution >= 0.6 is 0 Å². The fourth-order valence-electron chi connectivity index (χ4n) is 5.61. The van der Waals surface area contributed by atoms with Crippen LogP contribution in [-0.2, 0) is 6.54 Å². The molecular weight excluding hydrogens is 440 g/mol. The van der Waals surface area contributed by atoms with Crippen LogP contribution in [0.2, 0.25) is 0 Å². The molecule has 2 bridgehead atoms. The number of hydrogen-bond donors (Lipinski definition) is 2. The Bertz CT molecular complexity index is 1390. The number of hydrogen-bond acceptors (Lipinski definition) is 5. The maximum absolute atomic E-state index is 12.2. The van der Waals surface area contributed by atoms with Crippen molar-refractivity contribution in [3.8, 4) is 33.9 Å². The smallest absolute Gasteiger partial charge is 0.250 e. The normalized spacial score (nSPS) is 19.3. The van der Waals surface area contributed by atoms with Crippen molar-refractivity contribution in [2.24, 2.45) is 5.92 Å². The molecule has 35 heavy (non-hydrogen) atoms. The minimum atomic E-state index is 0.114. The summed E-state index contributed by atoms with van der Waals surface area (Å²) in [6, 6.07) is 21.0. The Morgan fingerprint density at radius 2 is 1.89 bits per heavy atom. The molecule has 178 valence electrons. The van der Waals surface area contributed by atoms with Crippen LogP contribution in [-0.4, -0.2) is 51.0 Å². The Morgan fingerprint density at radius 3 is 2.74 bits per heavy atom. The van der Waals surface area contributed by atoms with Gasteiger partial charge in [0.25, 0.3) is 5.56 Å². The van der Waals surface area contributed by atoms with Gasteiger partial charge in [-0.25, -0.2) is 0 Å². The summed E-state index contributed by atoms with van der Waals surface area (Å²) < 4.78 is 7.96. The van der Waals surface area contributed by atoms with Gasteiger partial charge in [0.05, 0.1) is 11.9 Å². The molecule has 2 aliphatic heterocycles. The summed E-state index contributed by atoms with van der Waals surface area (Å²) in [6.45, 7) is 4.07. The van der Waals surface area contributed by atoms with Crippen molar-refractivity contribution in [3.63, 3.8) is 0 Å². The van der Waals surface area contributed by atoms with E-state index in [2.05, 4.69) is 21.2 Å². The molecule has 2 aromatic carbocycles. The number of piperidine rings is 1. The molecule has 2 atom stereocenters. The molecule has 2 aromatic heterocycles. The van der Waals surface area contributed by atoms with E-state index in [1.807, 2.05) is 53.1 Å². The first-order chi connectivity index (χ1) is 17.2. The minimum absolute atomic E-state index is 0.114. The van der Waals surface area contributed by atoms with Gasteiger partial charge in [-0.1, -0.05) is 36.4 Å². The zero-order chi connectivity index (χ0) is 23.8. The van der Waals surface area contributed by atoms with E-state index in [1.54, 1.807) is 18.3 Å². The largest absolute Gasteiger partial charge is 0.507 e. The Kier molecular flexibility index (Phi) is 5.62. The molecule has 1 saturated heterocycles. The van der Waals surface area contributed by atoms with Gasteiger partial charge in [0.1, 0.15) is 18.1 Å². The quantitative estimate of drug-likeness (QED) is 0.445. The van der Waals surface area contributed by atoms with Gasteiger partial charge in [0, 0.05) is 61.1 Å². The highest BCUT2D eigenvalue weighted by Gasteiger charge is 2.34. The molecule has 2 aliphatic rings. The number of benzene rings is 2. The van der Waals surface area contributed by atoms with Crippen molar-refractivity contribution in [1.82, 2.24) is 19.7 Å². The highest BCUT2D eigenvalue weighted by molar-refractivity contribution is 5.83. The molecule has 0 radical (unpaired) electrons. The molecule has 0 aliphatic carbocycles. The molecule has 1 fully saturated rings. The summed E-state index contributed by atoms with van der Waals surface area (Å²) in [6.07, 6.45) is 2.92. The fraction of sp³-hybridized carbons (Fsp3) is 0.286. The predicted molar refractivity (Wildman–Crippen MR) is 135 cm³/mol. The molecule has 0 unspecified atom stereocenters. The Hall–Kier alpha value is -3.84. The molecule has 7 heteroatoms. The summed E-state index contributed by atoms with van der Waals surface area (Å²) in [7, 11) is 0. The Morgan fingerprint density at radius 1 is 1.00 bits per heavy atom. The summed E-state index contributed by atoms with van der Waals surface area (Å²) >= 11 is 0. The van der Waals surface area contributed by atoms with E-state index in [1.165, 1.54) is 0 Å². The van der Waals surface area contributed by atoms with Crippen molar-refractivity contribution in [1.29, 1.82) is 0 Å². The second-order valence-corrected chi connectivity index (χ2v) is 9.51. The van der Waals surface area contributed by atoms with Crippen LogP contribution < -0.4 is 10.3 Å². The summed E-state index contributed by atoms with van der Waals surface area (Å²) in [5.74, 6) is 1.69. The average molecular weight is 469 g/mol. The van der Waals surface area contributed by atoms with Crippen LogP contribution in [0, 0.1) is 5.92 Å². The number of phenols is 1. The standard InChI is InChI=1S/C28H28N4O3/c33-26-14-22(9-10-23(26)28-24(15-29-30-28)20-5-2-1-3-6-20)35-12-11-31-16-19-13-21(18-31)25-7-4-8-27(34)32(25)17-19/h1-10,14-15,19,21,33H,11-13,16-18H2,(H,29,30)/t19-,21+/m0/s1. The van der Waals surface area contributed by atoms with E-state index in [9.17, 15) is 9.90 Å². The first-order valence-corrected chi connectivity index (χ1v) is 12.1. The third-order valence-electron chi connectivity index (χ3n) is 7.19. The lowest BCUT2D eigenvalue weighted by atomic mass is 9.83. The number of aromatic hydroxyl groups is 1. The van der Waals surface area contributed by atoms with Crippen LogP contribution in [0.3, 0.4) is 0 Å². The van der Waals surface area contributed by atoms with Gasteiger partial charge >= 0.3 is 0 Å². The average Bonchev–Trinajstić information content (AvgIpc) is 3.35. The van der Waals surface area contributed by atoms with Crippen molar-refractivity contribution in [3.05, 3.63) is 89.0 Å². The zero-order valence-corrected chi connectivity index (χ0v) is 19.4. The van der Waals surface area contributed by atoms with Crippen LogP contribution in [0.15, 0.2) is 77.7 Å². The second-order valence-electron chi connectivity index (χ2n) is 9.51. The van der Waals surface area contributed by atoms with E-state index >= 15 is 0 Å². The third-order valence-corrected chi connectivity index (χ3v) is 7.19. The molecule has 4 heterocycles. The molecule has 2 N–H and O–H groups in total. The number of H-pyrrole nitrogens is 1. The predicted octanol–water partition coefficient (Wildman–Crippen LogP) is 4.11. The molecule has 7 nitrogen and oxygen atoms in total. The number of phenolic OH excluding ortho intramolecular Hbond substituents is 1. The number of pyridine rings is 1. The maximum Gasteiger partial charge on any atom is 0.250 e. The Balaban J connectivity index is 1.10. The van der Waals surface area contributed by atoms with Crippen molar-refractivity contribution >= 4 is 0 Å². The number of aromatic nitrogens is 3. The molecule has 4 aromatic rings. The fourth-order valence-corrected chi connectivity index (χ4v) is 5.61. The Labute approximate surface area is 203 Å². The van der Waals surface area contributed by atoms with Crippen molar-refractivity contribution in [2.45, 2.75) is 18.9 Å². The van der Waals surface area contributed by atoms with E-state index in [0.29, 0.717) is 29.8 Å². The summed E-state index contributed by atoms with van der Waals surface area (Å²) in [4.78, 5) is 14.7. The molecule has 6 rings (SSSR count). The molecule has 0 saturated carbocycles. The number of fused-ring (bicyclic) bond motifs is 4. The second kappa shape index (κ2) is 9.07. The number of rotatable bonds is 6. The third kappa shape index (κ3) is 4.23. The summed E-state index contributed by atoms with van der Waals surface area (Å²) in [5.41, 5.74) is 4.71. The van der Waals surface area contributed by atoms with E-state index in [0.717, 1.165) is 55.1 Å². The number of ether oxygens (including phenoxy) is 1. The highest BCUT2D eigenvalue weighted by Crippen LogP contribution is 2.37. The first kappa shape index (κ1) is 21.7. The first-order valence-electron chi connectivity index (χ1n) is 12.1. The lowest BCUT2D eigenvalue weighted by molar-refractivity contribution is 0.104. The lowest BCUT2D eigenvalue weighted by Crippen LogP contribution is -2.48. The van der Waals surface area contributed by atoms with E-state index in [4.69, 9.17) is 4.74 Å². The van der Waals surface area contributed by atoms with Crippen molar-refractivity contribution < 1.29 is 9.84 Å². The van der Waals surface area contributed by atoms with Crippen LogP contribution in [0.25, 0.3) is 22.4 Å². The van der Waals surface area contributed by atoms with E-state index in [-0.39, 0.29) is 11.3 Å². The van der Waals surface area contributed by atoms with Gasteiger partial charge in [-0.05, 0) is 36.1 Å². The number of nitrogens with one attached hydrogen (secondary N) is 1. The SMILES string of the molecule is O=c1cccc2n1C[C@H]1C[C@@H]2CN(CCOc2ccc(-c3[nH]ncc3-c3ccccc3)c(O)c2)C1. The molecular formula is C28H28N4O3. The van der Waals surface area contributed by atoms with Gasteiger partial charge in [0.2, 0.25) is 0 Å². The summed E-state index contributed by atoms with van der Waals surface area (Å²) in [5, 5.41) is 17.9. The molecule has 0 amide bonds. The van der Waals surface area contributed by atoms with Crippen LogP contribution in [0.4, 0.5) is 0 Å². The number of aromatic amines is 1. The van der Waals surface area contributed by atoms with E-state index < -0.39 is 0 Å². The highest BCUT2D eigenvalue weighted by atomic mass is 16.5. The minimum Gasteiger partial charge on any atom is -0.507 e. The van der Waals surface area contributed by atoms with Gasteiger partial charge in [-0.15, -0.1) is 0 Å². The topological polar surface area (TPSA) is 83.4 Å². The molecule has 0 spiro atoms. The lowest BCUT2D eigenvalue weighted by Gasteiger charge is -2.42. The zero-order valence-electron chi connectivity index (χ0n) is 19.4. The monoisotopic (exact) mass is 468 g/mol. The van der Waals surface area contributed by atoms with Gasteiger partial charge in [-0.3, -0.25) is 14.8 Å². The van der Waals surface area contributed by atoms with Crippen LogP contribution in [0.5, 0.6) is 11.5 Å². The van der Waals surface area contributed by atoms with Gasteiger partial charge < -0.3 is 14.4 Å². The number of likely N-dealkylation sites (tertiary alicyclic amines) is 1. The van der Waals surface area contributed by atoms with Crippen molar-refractivity contribution in [2.75, 3.05) is 26.2 Å².